The summed E-state index contributed by atoms with van der Waals surface area (Å²) in [6, 6.07) is 0. The molecule has 1 rings (SSSR count). The van der Waals surface area contributed by atoms with E-state index < -0.39 is 0 Å². The molecule has 0 amide bonds. The molecule has 0 spiro atoms. The fourth-order valence-electron chi connectivity index (χ4n) is 1.11. The summed E-state index contributed by atoms with van der Waals surface area (Å²) in [6.07, 6.45) is 0.972. The molecule has 2 heteroatoms. The lowest BCUT2D eigenvalue weighted by atomic mass is 10.1. The van der Waals surface area contributed by atoms with Crippen LogP contribution in [-0.2, 0) is 6.42 Å². The summed E-state index contributed by atoms with van der Waals surface area (Å²) in [6.45, 7) is 8.30. The highest BCUT2D eigenvalue weighted by molar-refractivity contribution is 5.29. The molecule has 1 aromatic heterocycles. The van der Waals surface area contributed by atoms with Gasteiger partial charge in [0, 0.05) is 0 Å². The van der Waals surface area contributed by atoms with Crippen LogP contribution in [0, 0.1) is 20.8 Å². The van der Waals surface area contributed by atoms with Gasteiger partial charge >= 0.3 is 0 Å². The fraction of sp³-hybridized carbons (Fsp3) is 0.556. The standard InChI is InChI=1S/C9H14N2/c1-5-9-7(3)6(2)8(4)10-11-9/h5H2,1-4H3. The Morgan fingerprint density at radius 1 is 1.00 bits per heavy atom. The second-order valence-corrected chi connectivity index (χ2v) is 2.84. The first-order valence-corrected chi connectivity index (χ1v) is 3.96. The minimum Gasteiger partial charge on any atom is -0.155 e. The summed E-state index contributed by atoms with van der Waals surface area (Å²) >= 11 is 0. The molecule has 0 N–H and O–H groups in total. The topological polar surface area (TPSA) is 25.8 Å². The quantitative estimate of drug-likeness (QED) is 0.611. The highest BCUT2D eigenvalue weighted by atomic mass is 15.1. The smallest absolute Gasteiger partial charge is 0.0660 e. The van der Waals surface area contributed by atoms with Gasteiger partial charge in [-0.1, -0.05) is 6.92 Å². The van der Waals surface area contributed by atoms with Crippen molar-refractivity contribution in [1.29, 1.82) is 0 Å². The Bertz CT molecular complexity index is 267. The Kier molecular flexibility index (Phi) is 2.22. The normalized spacial score (nSPS) is 10.2. The van der Waals surface area contributed by atoms with E-state index in [2.05, 4.69) is 31.0 Å². The van der Waals surface area contributed by atoms with Gasteiger partial charge in [-0.2, -0.15) is 10.2 Å². The van der Waals surface area contributed by atoms with Crippen LogP contribution in [-0.4, -0.2) is 10.2 Å². The van der Waals surface area contributed by atoms with E-state index >= 15 is 0 Å². The van der Waals surface area contributed by atoms with Crippen molar-refractivity contribution in [2.24, 2.45) is 0 Å². The summed E-state index contributed by atoms with van der Waals surface area (Å²) in [5.74, 6) is 0. The number of aryl methyl sites for hydroxylation is 2. The van der Waals surface area contributed by atoms with Crippen LogP contribution >= 0.6 is 0 Å². The maximum atomic E-state index is 4.11. The van der Waals surface area contributed by atoms with Crippen molar-refractivity contribution in [2.75, 3.05) is 0 Å². The van der Waals surface area contributed by atoms with Crippen LogP contribution in [0.15, 0.2) is 0 Å². The molecule has 60 valence electrons. The molecule has 0 radical (unpaired) electrons. The van der Waals surface area contributed by atoms with E-state index in [1.807, 2.05) is 6.92 Å². The Morgan fingerprint density at radius 2 is 1.64 bits per heavy atom. The predicted molar refractivity (Wildman–Crippen MR) is 45.6 cm³/mol. The maximum Gasteiger partial charge on any atom is 0.0660 e. The zero-order valence-electron chi connectivity index (χ0n) is 7.60. The Hall–Kier alpha value is -0.920. The second kappa shape index (κ2) is 2.99. The van der Waals surface area contributed by atoms with Crippen LogP contribution in [0.1, 0.15) is 29.4 Å². The first kappa shape index (κ1) is 8.18. The van der Waals surface area contributed by atoms with E-state index in [0.717, 1.165) is 17.8 Å². The van der Waals surface area contributed by atoms with Crippen molar-refractivity contribution in [3.8, 4) is 0 Å². The van der Waals surface area contributed by atoms with Crippen molar-refractivity contribution in [3.05, 3.63) is 22.5 Å². The highest BCUT2D eigenvalue weighted by Crippen LogP contribution is 2.11. The van der Waals surface area contributed by atoms with E-state index in [1.165, 1.54) is 11.1 Å². The van der Waals surface area contributed by atoms with Gasteiger partial charge in [0.15, 0.2) is 0 Å². The molecule has 0 atom stereocenters. The molecule has 0 aromatic carbocycles. The van der Waals surface area contributed by atoms with Crippen molar-refractivity contribution in [2.45, 2.75) is 34.1 Å². The summed E-state index contributed by atoms with van der Waals surface area (Å²) in [4.78, 5) is 0. The molecule has 0 bridgehead atoms. The molecule has 0 aliphatic rings. The summed E-state index contributed by atoms with van der Waals surface area (Å²) in [7, 11) is 0. The highest BCUT2D eigenvalue weighted by Gasteiger charge is 2.03. The Morgan fingerprint density at radius 3 is 2.18 bits per heavy atom. The second-order valence-electron chi connectivity index (χ2n) is 2.84. The number of rotatable bonds is 1. The van der Waals surface area contributed by atoms with E-state index in [-0.39, 0.29) is 0 Å². The largest absolute Gasteiger partial charge is 0.155 e. The molecule has 1 aromatic rings. The molecular formula is C9H14N2. The van der Waals surface area contributed by atoms with Gasteiger partial charge in [0.2, 0.25) is 0 Å². The zero-order valence-corrected chi connectivity index (χ0v) is 7.60. The first-order chi connectivity index (χ1) is 5.16. The fourth-order valence-corrected chi connectivity index (χ4v) is 1.11. The summed E-state index contributed by atoms with van der Waals surface area (Å²) in [5.41, 5.74) is 4.73. The lowest BCUT2D eigenvalue weighted by Gasteiger charge is -2.05. The minimum absolute atomic E-state index is 0.972. The van der Waals surface area contributed by atoms with Crippen LogP contribution in [0.2, 0.25) is 0 Å². The third-order valence-electron chi connectivity index (χ3n) is 2.19. The molecule has 0 fully saturated rings. The number of hydrogen-bond acceptors (Lipinski definition) is 2. The number of nitrogens with zero attached hydrogens (tertiary/aromatic N) is 2. The molecule has 0 aliphatic carbocycles. The van der Waals surface area contributed by atoms with Gasteiger partial charge in [0.05, 0.1) is 11.4 Å². The van der Waals surface area contributed by atoms with Crippen molar-refractivity contribution in [1.82, 2.24) is 10.2 Å². The van der Waals surface area contributed by atoms with Crippen molar-refractivity contribution >= 4 is 0 Å². The molecule has 2 nitrogen and oxygen atoms in total. The third-order valence-corrected chi connectivity index (χ3v) is 2.19. The van der Waals surface area contributed by atoms with Crippen molar-refractivity contribution < 1.29 is 0 Å². The zero-order chi connectivity index (χ0) is 8.43. The van der Waals surface area contributed by atoms with Crippen LogP contribution in [0.5, 0.6) is 0 Å². The SMILES string of the molecule is CCc1nnc(C)c(C)c1C. The van der Waals surface area contributed by atoms with Gasteiger partial charge in [-0.05, 0) is 38.3 Å². The van der Waals surface area contributed by atoms with Gasteiger partial charge in [-0.15, -0.1) is 0 Å². The lowest BCUT2D eigenvalue weighted by Crippen LogP contribution is -2.00. The average Bonchev–Trinajstić information content (AvgIpc) is 2.01. The Balaban J connectivity index is 3.25. The Labute approximate surface area is 67.7 Å². The van der Waals surface area contributed by atoms with Gasteiger partial charge in [-0.25, -0.2) is 0 Å². The molecule has 0 aliphatic heterocycles. The van der Waals surface area contributed by atoms with Crippen LogP contribution in [0.4, 0.5) is 0 Å². The number of hydrogen-bond donors (Lipinski definition) is 0. The maximum absolute atomic E-state index is 4.11. The summed E-state index contributed by atoms with van der Waals surface area (Å²) < 4.78 is 0. The molecule has 11 heavy (non-hydrogen) atoms. The van der Waals surface area contributed by atoms with Gasteiger partial charge < -0.3 is 0 Å². The van der Waals surface area contributed by atoms with Crippen molar-refractivity contribution in [3.63, 3.8) is 0 Å². The molecule has 0 saturated heterocycles. The van der Waals surface area contributed by atoms with E-state index in [9.17, 15) is 0 Å². The van der Waals surface area contributed by atoms with Crippen LogP contribution in [0.3, 0.4) is 0 Å². The third kappa shape index (κ3) is 1.39. The van der Waals surface area contributed by atoms with E-state index in [0.29, 0.717) is 0 Å². The molecule has 0 saturated carbocycles. The molecular weight excluding hydrogens is 136 g/mol. The minimum atomic E-state index is 0.972. The average molecular weight is 150 g/mol. The predicted octanol–water partition coefficient (Wildman–Crippen LogP) is 1.96. The molecule has 0 unspecified atom stereocenters. The first-order valence-electron chi connectivity index (χ1n) is 3.96. The molecule has 1 heterocycles. The lowest BCUT2D eigenvalue weighted by molar-refractivity contribution is 0.861. The van der Waals surface area contributed by atoms with Crippen LogP contribution < -0.4 is 0 Å². The van der Waals surface area contributed by atoms with Gasteiger partial charge in [0.25, 0.3) is 0 Å². The summed E-state index contributed by atoms with van der Waals surface area (Å²) in [5, 5.41) is 8.17. The van der Waals surface area contributed by atoms with Gasteiger partial charge in [-0.3, -0.25) is 0 Å². The van der Waals surface area contributed by atoms with E-state index in [4.69, 9.17) is 0 Å². The number of aromatic nitrogens is 2. The monoisotopic (exact) mass is 150 g/mol. The van der Waals surface area contributed by atoms with Crippen LogP contribution in [0.25, 0.3) is 0 Å². The van der Waals surface area contributed by atoms with E-state index in [1.54, 1.807) is 0 Å². The van der Waals surface area contributed by atoms with Gasteiger partial charge in [0.1, 0.15) is 0 Å².